The van der Waals surface area contributed by atoms with Crippen LogP contribution in [-0.2, 0) is 13.5 Å². The maximum Gasteiger partial charge on any atom is 0.261 e. The fourth-order valence-corrected chi connectivity index (χ4v) is 4.47. The van der Waals surface area contributed by atoms with Crippen molar-refractivity contribution < 1.29 is 9.13 Å². The van der Waals surface area contributed by atoms with E-state index >= 15 is 0 Å². The van der Waals surface area contributed by atoms with E-state index in [2.05, 4.69) is 4.85 Å². The number of halogens is 1. The second kappa shape index (κ2) is 9.35. The first-order chi connectivity index (χ1) is 15.5. The average molecular weight is 432 g/mol. The fourth-order valence-electron chi connectivity index (χ4n) is 4.47. The third kappa shape index (κ3) is 4.29. The molecular weight excluding hydrogens is 405 g/mol. The smallest absolute Gasteiger partial charge is 0.261 e. The second-order valence-corrected chi connectivity index (χ2v) is 8.31. The molecule has 0 bridgehead atoms. The van der Waals surface area contributed by atoms with Crippen LogP contribution in [0.2, 0.25) is 0 Å². The lowest BCUT2D eigenvalue weighted by atomic mass is 9.98. The van der Waals surface area contributed by atoms with Gasteiger partial charge in [0.05, 0.1) is 24.9 Å². The molecule has 2 aromatic carbocycles. The van der Waals surface area contributed by atoms with Crippen molar-refractivity contribution in [2.75, 3.05) is 7.11 Å². The summed E-state index contributed by atoms with van der Waals surface area (Å²) < 4.78 is 21.3. The third-order valence-electron chi connectivity index (χ3n) is 6.35. The molecule has 0 N–H and O–H groups in total. The molecule has 1 saturated carbocycles. The largest absolute Gasteiger partial charge is 0.497 e. The SMILES string of the molecule is [C-]#[N+]c1ccc(-c2nc(CCC3CCCC3)n(C)c(=O)c2-c2ccc(OC)cc2)cc1F. The Morgan fingerprint density at radius 2 is 1.84 bits per heavy atom. The number of ether oxygens (including phenoxy) is 1. The zero-order chi connectivity index (χ0) is 22.7. The molecule has 0 amide bonds. The number of hydrogen-bond acceptors (Lipinski definition) is 3. The van der Waals surface area contributed by atoms with E-state index in [-0.39, 0.29) is 11.2 Å². The first kappa shape index (κ1) is 21.8. The van der Waals surface area contributed by atoms with E-state index in [0.29, 0.717) is 46.3 Å². The fraction of sp³-hybridized carbons (Fsp3) is 0.346. The lowest BCUT2D eigenvalue weighted by Crippen LogP contribution is -2.25. The van der Waals surface area contributed by atoms with Gasteiger partial charge in [-0.1, -0.05) is 49.9 Å². The van der Waals surface area contributed by atoms with Crippen molar-refractivity contribution in [2.45, 2.75) is 38.5 Å². The molecule has 1 fully saturated rings. The number of methoxy groups -OCH3 is 1. The molecule has 0 unspecified atom stereocenters. The molecule has 3 aromatic rings. The summed E-state index contributed by atoms with van der Waals surface area (Å²) in [5.74, 6) is 1.43. The predicted octanol–water partition coefficient (Wildman–Crippen LogP) is 5.94. The summed E-state index contributed by atoms with van der Waals surface area (Å²) in [4.78, 5) is 21.6. The van der Waals surface area contributed by atoms with E-state index in [1.807, 2.05) is 12.1 Å². The molecule has 1 aromatic heterocycles. The van der Waals surface area contributed by atoms with Gasteiger partial charge < -0.3 is 4.74 Å². The molecule has 1 aliphatic rings. The maximum atomic E-state index is 14.5. The van der Waals surface area contributed by atoms with Gasteiger partial charge in [-0.25, -0.2) is 14.2 Å². The second-order valence-electron chi connectivity index (χ2n) is 8.31. The Morgan fingerprint density at radius 3 is 2.47 bits per heavy atom. The van der Waals surface area contributed by atoms with Crippen LogP contribution in [0.5, 0.6) is 5.75 Å². The Morgan fingerprint density at radius 1 is 1.16 bits per heavy atom. The minimum atomic E-state index is -0.617. The normalized spacial score (nSPS) is 13.8. The highest BCUT2D eigenvalue weighted by atomic mass is 19.1. The number of benzene rings is 2. The molecule has 1 aliphatic carbocycles. The van der Waals surface area contributed by atoms with Gasteiger partial charge in [-0.15, -0.1) is 0 Å². The Balaban J connectivity index is 1.85. The van der Waals surface area contributed by atoms with Crippen LogP contribution >= 0.6 is 0 Å². The Hall–Kier alpha value is -3.46. The summed E-state index contributed by atoms with van der Waals surface area (Å²) in [7, 11) is 3.33. The van der Waals surface area contributed by atoms with Crippen LogP contribution < -0.4 is 10.3 Å². The Kier molecular flexibility index (Phi) is 6.36. The van der Waals surface area contributed by atoms with E-state index < -0.39 is 5.82 Å². The molecule has 6 heteroatoms. The van der Waals surface area contributed by atoms with Crippen molar-refractivity contribution in [3.63, 3.8) is 0 Å². The summed E-state index contributed by atoms with van der Waals surface area (Å²) in [5.41, 5.74) is 1.80. The van der Waals surface area contributed by atoms with Crippen LogP contribution in [0.3, 0.4) is 0 Å². The molecule has 0 saturated heterocycles. The minimum absolute atomic E-state index is 0.0509. The Labute approximate surface area is 187 Å². The van der Waals surface area contributed by atoms with Gasteiger partial charge in [0.15, 0.2) is 0 Å². The zero-order valence-corrected chi connectivity index (χ0v) is 18.4. The lowest BCUT2D eigenvalue weighted by molar-refractivity contribution is 0.415. The van der Waals surface area contributed by atoms with Gasteiger partial charge in [0, 0.05) is 19.0 Å². The summed E-state index contributed by atoms with van der Waals surface area (Å²) in [5, 5.41) is 0. The van der Waals surface area contributed by atoms with Gasteiger partial charge in [-0.05, 0) is 36.1 Å². The van der Waals surface area contributed by atoms with Gasteiger partial charge in [-0.2, -0.15) is 0 Å². The standard InChI is InChI=1S/C26H26FN3O2/c1-28-22-14-11-19(16-21(22)27)25-24(18-9-12-20(32-3)13-10-18)26(31)30(2)23(29-25)15-8-17-6-4-5-7-17/h9-14,16-17H,4-8,15H2,2-3H3. The molecule has 0 radical (unpaired) electrons. The summed E-state index contributed by atoms with van der Waals surface area (Å²) >= 11 is 0. The number of hydrogen-bond donors (Lipinski definition) is 0. The summed E-state index contributed by atoms with van der Waals surface area (Å²) in [6.45, 7) is 7.11. The van der Waals surface area contributed by atoms with Gasteiger partial charge in [-0.3, -0.25) is 9.36 Å². The molecule has 0 aliphatic heterocycles. The summed E-state index contributed by atoms with van der Waals surface area (Å²) in [6, 6.07) is 11.6. The van der Waals surface area contributed by atoms with Crippen LogP contribution in [0.1, 0.15) is 37.9 Å². The van der Waals surface area contributed by atoms with Crippen molar-refractivity contribution in [3.05, 3.63) is 75.9 Å². The van der Waals surface area contributed by atoms with E-state index in [1.54, 1.807) is 36.9 Å². The van der Waals surface area contributed by atoms with Crippen LogP contribution in [-0.4, -0.2) is 16.7 Å². The van der Waals surface area contributed by atoms with Crippen molar-refractivity contribution in [2.24, 2.45) is 13.0 Å². The van der Waals surface area contributed by atoms with Crippen molar-refractivity contribution in [1.29, 1.82) is 0 Å². The molecule has 32 heavy (non-hydrogen) atoms. The van der Waals surface area contributed by atoms with E-state index in [1.165, 1.54) is 37.8 Å². The van der Waals surface area contributed by atoms with Crippen LogP contribution in [0.15, 0.2) is 47.3 Å². The number of aryl methyl sites for hydroxylation is 1. The molecule has 1 heterocycles. The zero-order valence-electron chi connectivity index (χ0n) is 18.4. The van der Waals surface area contributed by atoms with Gasteiger partial charge in [0.2, 0.25) is 5.69 Å². The number of aromatic nitrogens is 2. The highest BCUT2D eigenvalue weighted by Crippen LogP contribution is 2.33. The summed E-state index contributed by atoms with van der Waals surface area (Å²) in [6.07, 6.45) is 6.69. The van der Waals surface area contributed by atoms with E-state index in [4.69, 9.17) is 16.3 Å². The van der Waals surface area contributed by atoms with E-state index in [9.17, 15) is 9.18 Å². The average Bonchev–Trinajstić information content (AvgIpc) is 3.33. The van der Waals surface area contributed by atoms with Gasteiger partial charge >= 0.3 is 0 Å². The first-order valence-corrected chi connectivity index (χ1v) is 10.9. The van der Waals surface area contributed by atoms with E-state index in [0.717, 1.165) is 6.42 Å². The third-order valence-corrected chi connectivity index (χ3v) is 6.35. The van der Waals surface area contributed by atoms with Crippen LogP contribution in [0, 0.1) is 18.3 Å². The monoisotopic (exact) mass is 431 g/mol. The van der Waals surface area contributed by atoms with Gasteiger partial charge in [0.1, 0.15) is 17.4 Å². The molecule has 0 spiro atoms. The van der Waals surface area contributed by atoms with Crippen molar-refractivity contribution in [1.82, 2.24) is 9.55 Å². The minimum Gasteiger partial charge on any atom is -0.497 e. The first-order valence-electron chi connectivity index (χ1n) is 10.9. The molecule has 0 atom stereocenters. The maximum absolute atomic E-state index is 14.5. The topological polar surface area (TPSA) is 48.5 Å². The molecule has 164 valence electrons. The quantitative estimate of drug-likeness (QED) is 0.454. The highest BCUT2D eigenvalue weighted by Gasteiger charge is 2.21. The van der Waals surface area contributed by atoms with Crippen LogP contribution in [0.4, 0.5) is 10.1 Å². The molecule has 5 nitrogen and oxygen atoms in total. The van der Waals surface area contributed by atoms with Gasteiger partial charge in [0.25, 0.3) is 5.56 Å². The predicted molar refractivity (Wildman–Crippen MR) is 123 cm³/mol. The van der Waals surface area contributed by atoms with Crippen molar-refractivity contribution in [3.8, 4) is 28.1 Å². The molecule has 4 rings (SSSR count). The molecular formula is C26H26FN3O2. The van der Waals surface area contributed by atoms with Crippen molar-refractivity contribution >= 4 is 5.69 Å². The van der Waals surface area contributed by atoms with Crippen LogP contribution in [0.25, 0.3) is 27.2 Å². The Bertz CT molecular complexity index is 1220. The highest BCUT2D eigenvalue weighted by molar-refractivity contribution is 5.81. The number of nitrogens with zero attached hydrogens (tertiary/aromatic N) is 3. The lowest BCUT2D eigenvalue weighted by Gasteiger charge is -2.16. The number of rotatable bonds is 6.